The van der Waals surface area contributed by atoms with E-state index in [2.05, 4.69) is 0 Å². The van der Waals surface area contributed by atoms with Gasteiger partial charge in [-0.3, -0.25) is 0 Å². The van der Waals surface area contributed by atoms with Crippen LogP contribution >= 0.6 is 11.8 Å². The third kappa shape index (κ3) is 3.40. The van der Waals surface area contributed by atoms with Gasteiger partial charge >= 0.3 is 11.9 Å². The Morgan fingerprint density at radius 3 is 2.45 bits per heavy atom. The zero-order valence-electron chi connectivity index (χ0n) is 12.1. The Hall–Kier alpha value is -2.47. The molecule has 22 heavy (non-hydrogen) atoms. The van der Waals surface area contributed by atoms with E-state index in [1.54, 1.807) is 12.1 Å². The molecule has 0 saturated carbocycles. The summed E-state index contributed by atoms with van der Waals surface area (Å²) in [5, 5.41) is 8.95. The quantitative estimate of drug-likeness (QED) is 0.665. The highest BCUT2D eigenvalue weighted by Gasteiger charge is 2.15. The summed E-state index contributed by atoms with van der Waals surface area (Å²) in [6.45, 7) is 1.92. The van der Waals surface area contributed by atoms with E-state index < -0.39 is 11.9 Å². The van der Waals surface area contributed by atoms with Crippen molar-refractivity contribution in [2.24, 2.45) is 0 Å². The topological polar surface area (TPSA) is 89.6 Å². The van der Waals surface area contributed by atoms with E-state index in [0.717, 1.165) is 5.56 Å². The van der Waals surface area contributed by atoms with Gasteiger partial charge in [0.25, 0.3) is 0 Å². The van der Waals surface area contributed by atoms with Crippen molar-refractivity contribution in [3.63, 3.8) is 0 Å². The molecule has 0 fully saturated rings. The molecule has 2 aromatic rings. The number of methoxy groups -OCH3 is 1. The van der Waals surface area contributed by atoms with Crippen molar-refractivity contribution in [1.82, 2.24) is 0 Å². The number of carboxylic acid groups (broad SMARTS) is 1. The lowest BCUT2D eigenvalue weighted by molar-refractivity contribution is 0.0596. The number of hydrogen-bond donors (Lipinski definition) is 2. The van der Waals surface area contributed by atoms with Crippen molar-refractivity contribution in [2.75, 3.05) is 12.8 Å². The zero-order chi connectivity index (χ0) is 16.3. The average molecular weight is 317 g/mol. The molecule has 0 heterocycles. The Morgan fingerprint density at radius 2 is 1.86 bits per heavy atom. The number of carbonyl (C=O) groups is 2. The number of hydrogen-bond acceptors (Lipinski definition) is 5. The number of nitrogen functional groups attached to an aromatic ring is 1. The second-order valence-corrected chi connectivity index (χ2v) is 5.73. The number of benzene rings is 2. The Balaban J connectivity index is 2.40. The van der Waals surface area contributed by atoms with Gasteiger partial charge in [0, 0.05) is 15.5 Å². The zero-order valence-corrected chi connectivity index (χ0v) is 12.9. The van der Waals surface area contributed by atoms with E-state index in [0.29, 0.717) is 21.0 Å². The molecule has 0 aromatic heterocycles. The first kappa shape index (κ1) is 15.9. The standard InChI is InChI=1S/C16H15NO4S/c1-9-3-5-11(16(20)21-2)14(7-9)22-13-6-4-10(15(18)19)8-12(13)17/h3-8H,17H2,1-2H3,(H,18,19). The maximum Gasteiger partial charge on any atom is 0.339 e. The van der Waals surface area contributed by atoms with Crippen LogP contribution in [0.5, 0.6) is 0 Å². The van der Waals surface area contributed by atoms with Crippen LogP contribution in [0.4, 0.5) is 5.69 Å². The van der Waals surface area contributed by atoms with Crippen molar-refractivity contribution in [2.45, 2.75) is 16.7 Å². The average Bonchev–Trinajstić information content (AvgIpc) is 2.48. The fourth-order valence-corrected chi connectivity index (χ4v) is 2.94. The molecule has 2 aromatic carbocycles. The van der Waals surface area contributed by atoms with Crippen molar-refractivity contribution in [3.05, 3.63) is 53.1 Å². The second-order valence-electron chi connectivity index (χ2n) is 4.65. The Morgan fingerprint density at radius 1 is 1.14 bits per heavy atom. The molecule has 0 aliphatic carbocycles. The molecular formula is C16H15NO4S. The van der Waals surface area contributed by atoms with Crippen LogP contribution in [-0.4, -0.2) is 24.2 Å². The molecule has 2 rings (SSSR count). The molecule has 0 atom stereocenters. The number of anilines is 1. The maximum absolute atomic E-state index is 11.8. The van der Waals surface area contributed by atoms with Gasteiger partial charge in [-0.1, -0.05) is 17.8 Å². The molecule has 0 saturated heterocycles. The smallest absolute Gasteiger partial charge is 0.339 e. The molecule has 0 aliphatic heterocycles. The summed E-state index contributed by atoms with van der Waals surface area (Å²) in [5.74, 6) is -1.46. The SMILES string of the molecule is COC(=O)c1ccc(C)cc1Sc1ccc(C(=O)O)cc1N. The first-order valence-electron chi connectivity index (χ1n) is 6.42. The minimum atomic E-state index is -1.03. The summed E-state index contributed by atoms with van der Waals surface area (Å²) in [6.07, 6.45) is 0. The molecular weight excluding hydrogens is 302 g/mol. The number of rotatable bonds is 4. The van der Waals surface area contributed by atoms with E-state index >= 15 is 0 Å². The number of aryl methyl sites for hydroxylation is 1. The monoisotopic (exact) mass is 317 g/mol. The van der Waals surface area contributed by atoms with Crippen molar-refractivity contribution < 1.29 is 19.4 Å². The van der Waals surface area contributed by atoms with E-state index in [1.165, 1.54) is 31.0 Å². The summed E-state index contributed by atoms with van der Waals surface area (Å²) < 4.78 is 4.77. The van der Waals surface area contributed by atoms with E-state index in [-0.39, 0.29) is 5.56 Å². The highest BCUT2D eigenvalue weighted by atomic mass is 32.2. The largest absolute Gasteiger partial charge is 0.478 e. The lowest BCUT2D eigenvalue weighted by Crippen LogP contribution is -2.03. The minimum Gasteiger partial charge on any atom is -0.478 e. The molecule has 0 radical (unpaired) electrons. The Bertz CT molecular complexity index is 743. The minimum absolute atomic E-state index is 0.124. The van der Waals surface area contributed by atoms with Crippen LogP contribution in [0.2, 0.25) is 0 Å². The highest BCUT2D eigenvalue weighted by molar-refractivity contribution is 7.99. The van der Waals surface area contributed by atoms with Crippen LogP contribution in [-0.2, 0) is 4.74 Å². The lowest BCUT2D eigenvalue weighted by atomic mass is 10.1. The van der Waals surface area contributed by atoms with E-state index in [9.17, 15) is 9.59 Å². The van der Waals surface area contributed by atoms with Crippen LogP contribution in [0.1, 0.15) is 26.3 Å². The van der Waals surface area contributed by atoms with Crippen molar-refractivity contribution >= 4 is 29.4 Å². The molecule has 6 heteroatoms. The number of aromatic carboxylic acids is 1. The normalized spacial score (nSPS) is 10.3. The lowest BCUT2D eigenvalue weighted by Gasteiger charge is -2.11. The number of nitrogens with two attached hydrogens (primary N) is 1. The van der Waals surface area contributed by atoms with Crippen LogP contribution < -0.4 is 5.73 Å². The Labute approximate surface area is 132 Å². The first-order chi connectivity index (χ1) is 10.4. The van der Waals surface area contributed by atoms with Gasteiger partial charge in [-0.25, -0.2) is 9.59 Å². The third-order valence-corrected chi connectivity index (χ3v) is 4.17. The van der Waals surface area contributed by atoms with Gasteiger partial charge in [0.1, 0.15) is 0 Å². The fraction of sp³-hybridized carbons (Fsp3) is 0.125. The van der Waals surface area contributed by atoms with E-state index in [1.807, 2.05) is 19.1 Å². The summed E-state index contributed by atoms with van der Waals surface area (Å²) in [6, 6.07) is 9.90. The van der Waals surface area contributed by atoms with Gasteiger partial charge in [-0.2, -0.15) is 0 Å². The summed E-state index contributed by atoms with van der Waals surface area (Å²) in [7, 11) is 1.33. The maximum atomic E-state index is 11.8. The molecule has 0 unspecified atom stereocenters. The van der Waals surface area contributed by atoms with E-state index in [4.69, 9.17) is 15.6 Å². The molecule has 0 aliphatic rings. The molecule has 5 nitrogen and oxygen atoms in total. The highest BCUT2D eigenvalue weighted by Crippen LogP contribution is 2.35. The van der Waals surface area contributed by atoms with Crippen molar-refractivity contribution in [3.8, 4) is 0 Å². The van der Waals surface area contributed by atoms with Crippen LogP contribution in [0.25, 0.3) is 0 Å². The number of esters is 1. The summed E-state index contributed by atoms with van der Waals surface area (Å²) in [4.78, 5) is 24.1. The number of carboxylic acids is 1. The van der Waals surface area contributed by atoms with Crippen LogP contribution in [0.3, 0.4) is 0 Å². The summed E-state index contributed by atoms with van der Waals surface area (Å²) in [5.41, 5.74) is 7.82. The third-order valence-electron chi connectivity index (χ3n) is 3.02. The number of carbonyl (C=O) groups excluding carboxylic acids is 1. The number of ether oxygens (including phenoxy) is 1. The van der Waals surface area contributed by atoms with Gasteiger partial charge in [0.15, 0.2) is 0 Å². The molecule has 0 bridgehead atoms. The molecule has 0 spiro atoms. The van der Waals surface area contributed by atoms with Gasteiger partial charge < -0.3 is 15.6 Å². The molecule has 0 amide bonds. The molecule has 114 valence electrons. The first-order valence-corrected chi connectivity index (χ1v) is 7.23. The van der Waals surface area contributed by atoms with Crippen molar-refractivity contribution in [1.29, 1.82) is 0 Å². The predicted octanol–water partition coefficient (Wildman–Crippen LogP) is 3.21. The Kier molecular flexibility index (Phi) is 4.72. The van der Waals surface area contributed by atoms with Gasteiger partial charge in [-0.15, -0.1) is 0 Å². The molecule has 3 N–H and O–H groups in total. The fourth-order valence-electron chi connectivity index (χ4n) is 1.89. The second kappa shape index (κ2) is 6.53. The van der Waals surface area contributed by atoms with Crippen LogP contribution in [0, 0.1) is 6.92 Å². The predicted molar refractivity (Wildman–Crippen MR) is 84.5 cm³/mol. The summed E-state index contributed by atoms with van der Waals surface area (Å²) >= 11 is 1.30. The van der Waals surface area contributed by atoms with Gasteiger partial charge in [-0.05, 0) is 42.8 Å². The van der Waals surface area contributed by atoms with Crippen LogP contribution in [0.15, 0.2) is 46.2 Å². The van der Waals surface area contributed by atoms with Gasteiger partial charge in [0.05, 0.1) is 18.2 Å². The van der Waals surface area contributed by atoms with Gasteiger partial charge in [0.2, 0.25) is 0 Å².